The molecule has 5 rings (SSSR count). The number of aromatic amines is 1. The Morgan fingerprint density at radius 3 is 2.93 bits per heavy atom. The Morgan fingerprint density at radius 2 is 2.04 bits per heavy atom. The molecule has 4 heterocycles. The standard InChI is InChI=1S/C22H20N4O2/c27-22-17-13-26(12-15-11-16-5-1-2-7-20(16)28-14-15)10-8-18(17)24-21(25-22)19-6-3-4-9-23-19/h1-7,9,11H,8,10,12-14H2,(H,24,25,27). The van der Waals surface area contributed by atoms with Gasteiger partial charge in [0.1, 0.15) is 18.1 Å². The lowest BCUT2D eigenvalue weighted by molar-refractivity contribution is 0.254. The molecule has 0 spiro atoms. The molecule has 6 nitrogen and oxygen atoms in total. The summed E-state index contributed by atoms with van der Waals surface area (Å²) in [6.45, 7) is 2.84. The lowest BCUT2D eigenvalue weighted by Gasteiger charge is -2.29. The fraction of sp³-hybridized carbons (Fsp3) is 0.227. The predicted molar refractivity (Wildman–Crippen MR) is 107 cm³/mol. The molecule has 0 bridgehead atoms. The Bertz CT molecular complexity index is 1110. The zero-order chi connectivity index (χ0) is 18.9. The lowest BCUT2D eigenvalue weighted by atomic mass is 10.0. The van der Waals surface area contributed by atoms with E-state index in [9.17, 15) is 4.79 Å². The van der Waals surface area contributed by atoms with Gasteiger partial charge in [0.05, 0.1) is 11.3 Å². The molecule has 0 aliphatic carbocycles. The Hall–Kier alpha value is -3.25. The first-order valence-corrected chi connectivity index (χ1v) is 9.43. The fourth-order valence-electron chi connectivity index (χ4n) is 3.78. The molecule has 2 aliphatic heterocycles. The number of pyridine rings is 1. The van der Waals surface area contributed by atoms with E-state index in [4.69, 9.17) is 4.74 Å². The van der Waals surface area contributed by atoms with E-state index in [1.165, 1.54) is 5.57 Å². The summed E-state index contributed by atoms with van der Waals surface area (Å²) in [5, 5.41) is 0. The maximum Gasteiger partial charge on any atom is 0.255 e. The zero-order valence-corrected chi connectivity index (χ0v) is 15.4. The van der Waals surface area contributed by atoms with E-state index in [0.29, 0.717) is 24.7 Å². The number of hydrogen-bond donors (Lipinski definition) is 1. The number of nitrogens with zero attached hydrogens (tertiary/aromatic N) is 3. The van der Waals surface area contributed by atoms with E-state index < -0.39 is 0 Å². The number of fused-ring (bicyclic) bond motifs is 2. The second kappa shape index (κ2) is 7.05. The van der Waals surface area contributed by atoms with Crippen molar-refractivity contribution < 1.29 is 4.74 Å². The van der Waals surface area contributed by atoms with Crippen LogP contribution >= 0.6 is 0 Å². The highest BCUT2D eigenvalue weighted by Gasteiger charge is 2.23. The summed E-state index contributed by atoms with van der Waals surface area (Å²) in [6, 6.07) is 13.6. The maximum absolute atomic E-state index is 12.7. The quantitative estimate of drug-likeness (QED) is 0.765. The topological polar surface area (TPSA) is 71.1 Å². The largest absolute Gasteiger partial charge is 0.489 e. The minimum absolute atomic E-state index is 0.0745. The van der Waals surface area contributed by atoms with Crippen LogP contribution in [0.4, 0.5) is 0 Å². The van der Waals surface area contributed by atoms with Crippen molar-refractivity contribution in [2.45, 2.75) is 13.0 Å². The molecule has 28 heavy (non-hydrogen) atoms. The summed E-state index contributed by atoms with van der Waals surface area (Å²) in [6.07, 6.45) is 4.65. The monoisotopic (exact) mass is 372 g/mol. The van der Waals surface area contributed by atoms with Gasteiger partial charge in [-0.1, -0.05) is 24.3 Å². The van der Waals surface area contributed by atoms with Crippen LogP contribution in [-0.4, -0.2) is 39.5 Å². The highest BCUT2D eigenvalue weighted by atomic mass is 16.5. The summed E-state index contributed by atoms with van der Waals surface area (Å²) >= 11 is 0. The van der Waals surface area contributed by atoms with Gasteiger partial charge in [0.15, 0.2) is 5.82 Å². The smallest absolute Gasteiger partial charge is 0.255 e. The van der Waals surface area contributed by atoms with Crippen molar-refractivity contribution in [3.05, 3.63) is 81.4 Å². The van der Waals surface area contributed by atoms with Gasteiger partial charge in [0.2, 0.25) is 0 Å². The number of hydrogen-bond acceptors (Lipinski definition) is 5. The average molecular weight is 372 g/mol. The fourth-order valence-corrected chi connectivity index (χ4v) is 3.78. The summed E-state index contributed by atoms with van der Waals surface area (Å²) in [7, 11) is 0. The van der Waals surface area contributed by atoms with Crippen molar-refractivity contribution in [3.8, 4) is 17.3 Å². The van der Waals surface area contributed by atoms with Crippen LogP contribution in [0.2, 0.25) is 0 Å². The molecule has 0 saturated carbocycles. The zero-order valence-electron chi connectivity index (χ0n) is 15.4. The molecule has 0 radical (unpaired) electrons. The number of para-hydroxylation sites is 1. The van der Waals surface area contributed by atoms with Gasteiger partial charge < -0.3 is 9.72 Å². The SMILES string of the molecule is O=c1[nH]c(-c2ccccn2)nc2c1CN(CC1=Cc3ccccc3OC1)CC2. The number of nitrogens with one attached hydrogen (secondary N) is 1. The minimum Gasteiger partial charge on any atom is -0.489 e. The first-order valence-electron chi connectivity index (χ1n) is 9.43. The van der Waals surface area contributed by atoms with Gasteiger partial charge in [-0.05, 0) is 29.8 Å². The van der Waals surface area contributed by atoms with E-state index >= 15 is 0 Å². The van der Waals surface area contributed by atoms with Crippen LogP contribution in [-0.2, 0) is 13.0 Å². The van der Waals surface area contributed by atoms with Crippen LogP contribution in [0.1, 0.15) is 16.8 Å². The van der Waals surface area contributed by atoms with Crippen molar-refractivity contribution >= 4 is 6.08 Å². The summed E-state index contributed by atoms with van der Waals surface area (Å²) < 4.78 is 5.85. The van der Waals surface area contributed by atoms with E-state index in [1.807, 2.05) is 36.4 Å². The van der Waals surface area contributed by atoms with Gasteiger partial charge in [-0.25, -0.2) is 4.98 Å². The van der Waals surface area contributed by atoms with Crippen molar-refractivity contribution in [2.75, 3.05) is 19.7 Å². The highest BCUT2D eigenvalue weighted by Crippen LogP contribution is 2.27. The second-order valence-corrected chi connectivity index (χ2v) is 7.14. The molecule has 1 N–H and O–H groups in total. The Balaban J connectivity index is 1.36. The van der Waals surface area contributed by atoms with E-state index in [0.717, 1.165) is 42.1 Å². The number of benzene rings is 1. The normalized spacial score (nSPS) is 15.9. The number of rotatable bonds is 3. The van der Waals surface area contributed by atoms with Crippen LogP contribution in [0.3, 0.4) is 0 Å². The van der Waals surface area contributed by atoms with E-state index in [-0.39, 0.29) is 5.56 Å². The van der Waals surface area contributed by atoms with Crippen molar-refractivity contribution in [2.24, 2.45) is 0 Å². The molecule has 2 aliphatic rings. The number of aromatic nitrogens is 3. The number of ether oxygens (including phenoxy) is 1. The Morgan fingerprint density at radius 1 is 1.14 bits per heavy atom. The highest BCUT2D eigenvalue weighted by molar-refractivity contribution is 5.62. The third-order valence-electron chi connectivity index (χ3n) is 5.17. The van der Waals surface area contributed by atoms with Gasteiger partial charge >= 0.3 is 0 Å². The molecule has 6 heteroatoms. The summed E-state index contributed by atoms with van der Waals surface area (Å²) in [4.78, 5) is 26.8. The van der Waals surface area contributed by atoms with Crippen LogP contribution in [0.5, 0.6) is 5.75 Å². The van der Waals surface area contributed by atoms with Crippen molar-refractivity contribution in [1.29, 1.82) is 0 Å². The lowest BCUT2D eigenvalue weighted by Crippen LogP contribution is -2.37. The second-order valence-electron chi connectivity index (χ2n) is 7.14. The van der Waals surface area contributed by atoms with Gasteiger partial charge in [-0.15, -0.1) is 0 Å². The van der Waals surface area contributed by atoms with E-state index in [1.54, 1.807) is 6.20 Å². The molecular weight excluding hydrogens is 352 g/mol. The Labute approximate surface area is 162 Å². The van der Waals surface area contributed by atoms with Crippen molar-refractivity contribution in [1.82, 2.24) is 19.9 Å². The van der Waals surface area contributed by atoms with Gasteiger partial charge in [-0.2, -0.15) is 0 Å². The molecule has 0 fully saturated rings. The molecule has 0 amide bonds. The molecule has 0 saturated heterocycles. The minimum atomic E-state index is -0.0745. The summed E-state index contributed by atoms with van der Waals surface area (Å²) in [5.41, 5.74) is 4.57. The first kappa shape index (κ1) is 16.9. The third-order valence-corrected chi connectivity index (χ3v) is 5.17. The average Bonchev–Trinajstić information content (AvgIpc) is 2.74. The van der Waals surface area contributed by atoms with Gasteiger partial charge in [0, 0.05) is 37.8 Å². The van der Waals surface area contributed by atoms with Gasteiger partial charge in [0.25, 0.3) is 5.56 Å². The molecule has 0 atom stereocenters. The predicted octanol–water partition coefficient (Wildman–Crippen LogP) is 2.67. The maximum atomic E-state index is 12.7. The number of H-pyrrole nitrogens is 1. The molecule has 1 aromatic carbocycles. The molecular formula is C22H20N4O2. The molecule has 2 aromatic heterocycles. The van der Waals surface area contributed by atoms with Gasteiger partial charge in [-0.3, -0.25) is 14.7 Å². The summed E-state index contributed by atoms with van der Waals surface area (Å²) in [5.74, 6) is 1.47. The van der Waals surface area contributed by atoms with Crippen LogP contribution < -0.4 is 10.3 Å². The van der Waals surface area contributed by atoms with Crippen LogP contribution in [0, 0.1) is 0 Å². The molecule has 140 valence electrons. The molecule has 3 aromatic rings. The molecule has 0 unspecified atom stereocenters. The van der Waals surface area contributed by atoms with E-state index in [2.05, 4.69) is 32.0 Å². The van der Waals surface area contributed by atoms with Crippen molar-refractivity contribution in [3.63, 3.8) is 0 Å². The Kier molecular flexibility index (Phi) is 4.25. The van der Waals surface area contributed by atoms with Crippen LogP contribution in [0.15, 0.2) is 59.0 Å². The third kappa shape index (κ3) is 3.23. The first-order chi connectivity index (χ1) is 13.8. The van der Waals surface area contributed by atoms with Crippen LogP contribution in [0.25, 0.3) is 17.6 Å².